The summed E-state index contributed by atoms with van der Waals surface area (Å²) in [4.78, 5) is 13.2. The Morgan fingerprint density at radius 1 is 1.33 bits per heavy atom. The average Bonchev–Trinajstić information content (AvgIpc) is 2.16. The van der Waals surface area contributed by atoms with Gasteiger partial charge in [-0.3, -0.25) is 4.79 Å². The Morgan fingerprint density at radius 2 is 1.87 bits per heavy atom. The summed E-state index contributed by atoms with van der Waals surface area (Å²) < 4.78 is 0. The zero-order chi connectivity index (χ0) is 11.5. The summed E-state index contributed by atoms with van der Waals surface area (Å²) in [6.07, 6.45) is 0. The maximum atomic E-state index is 11.6. The van der Waals surface area contributed by atoms with E-state index in [4.69, 9.17) is 0 Å². The normalized spacial score (nSPS) is 11.2. The molecule has 0 aliphatic heterocycles. The van der Waals surface area contributed by atoms with Gasteiger partial charge in [-0.2, -0.15) is 0 Å². The lowest BCUT2D eigenvalue weighted by Crippen LogP contribution is -2.42. The van der Waals surface area contributed by atoms with Crippen molar-refractivity contribution in [3.63, 3.8) is 0 Å². The molecule has 0 aliphatic rings. The van der Waals surface area contributed by atoms with Crippen molar-refractivity contribution < 1.29 is 9.90 Å². The molecule has 0 aliphatic carbocycles. The number of benzene rings is 1. The zero-order valence-corrected chi connectivity index (χ0v) is 9.40. The molecule has 3 nitrogen and oxygen atoms in total. The third-order valence-electron chi connectivity index (χ3n) is 2.13. The number of nitrogens with zero attached hydrogens (tertiary/aromatic N) is 1. The summed E-state index contributed by atoms with van der Waals surface area (Å²) in [5.41, 5.74) is -0.249. The Balaban J connectivity index is 2.65. The highest BCUT2D eigenvalue weighted by Crippen LogP contribution is 2.09. The number of carbonyl (C=O) groups is 1. The smallest absolute Gasteiger partial charge is 0.253 e. The van der Waals surface area contributed by atoms with Crippen LogP contribution in [0.4, 0.5) is 0 Å². The van der Waals surface area contributed by atoms with Crippen LogP contribution in [0.2, 0.25) is 0 Å². The van der Waals surface area contributed by atoms with Crippen LogP contribution >= 0.6 is 0 Å². The minimum Gasteiger partial charge on any atom is -0.381 e. The first-order chi connectivity index (χ1) is 6.91. The monoisotopic (exact) mass is 207 g/mol. The minimum atomic E-state index is -1.30. The van der Waals surface area contributed by atoms with Gasteiger partial charge in [0.2, 0.25) is 0 Å². The fraction of sp³-hybridized carbons (Fsp3) is 0.417. The van der Waals surface area contributed by atoms with Crippen LogP contribution in [0, 0.1) is 0 Å². The molecule has 1 aromatic carbocycles. The molecule has 0 spiro atoms. The van der Waals surface area contributed by atoms with Crippen LogP contribution in [-0.4, -0.2) is 28.6 Å². The van der Waals surface area contributed by atoms with Crippen LogP contribution < -0.4 is 0 Å². The van der Waals surface area contributed by atoms with Gasteiger partial charge < -0.3 is 10.0 Å². The van der Waals surface area contributed by atoms with E-state index in [1.165, 1.54) is 18.7 Å². The van der Waals surface area contributed by atoms with E-state index in [1.54, 1.807) is 7.05 Å². The lowest BCUT2D eigenvalue weighted by Gasteiger charge is -2.24. The number of likely N-dealkylation sites (N-methyl/N-ethyl adjacent to an activating group) is 1. The summed E-state index contributed by atoms with van der Waals surface area (Å²) in [6, 6.07) is 9.69. The number of amides is 1. The number of hydrogen-bond donors (Lipinski definition) is 1. The quantitative estimate of drug-likeness (QED) is 0.814. The van der Waals surface area contributed by atoms with Gasteiger partial charge in [0, 0.05) is 13.6 Å². The Labute approximate surface area is 90.3 Å². The van der Waals surface area contributed by atoms with Crippen LogP contribution in [-0.2, 0) is 11.3 Å². The molecule has 0 saturated carbocycles. The summed E-state index contributed by atoms with van der Waals surface area (Å²) >= 11 is 0. The van der Waals surface area contributed by atoms with Crippen LogP contribution in [0.1, 0.15) is 19.4 Å². The molecule has 0 fully saturated rings. The third kappa shape index (κ3) is 3.36. The standard InChI is InChI=1S/C12H17NO2/c1-12(2,15)11(14)13(3)9-10-7-5-4-6-8-10/h4-8,15H,9H2,1-3H3. The van der Waals surface area contributed by atoms with Crippen molar-refractivity contribution in [3.05, 3.63) is 35.9 Å². The van der Waals surface area contributed by atoms with Gasteiger partial charge in [0.15, 0.2) is 0 Å². The van der Waals surface area contributed by atoms with Gasteiger partial charge in [-0.15, -0.1) is 0 Å². The summed E-state index contributed by atoms with van der Waals surface area (Å²) in [7, 11) is 1.69. The van der Waals surface area contributed by atoms with Crippen molar-refractivity contribution in [2.24, 2.45) is 0 Å². The fourth-order valence-electron chi connectivity index (χ4n) is 1.40. The molecule has 0 atom stereocenters. The minimum absolute atomic E-state index is 0.272. The summed E-state index contributed by atoms with van der Waals surface area (Å²) in [5, 5.41) is 9.54. The Morgan fingerprint density at radius 3 is 2.33 bits per heavy atom. The molecule has 0 heterocycles. The highest BCUT2D eigenvalue weighted by Gasteiger charge is 2.26. The topological polar surface area (TPSA) is 40.5 Å². The van der Waals surface area contributed by atoms with Crippen molar-refractivity contribution in [1.82, 2.24) is 4.90 Å². The van der Waals surface area contributed by atoms with E-state index in [1.807, 2.05) is 30.3 Å². The highest BCUT2D eigenvalue weighted by atomic mass is 16.3. The first-order valence-electron chi connectivity index (χ1n) is 4.93. The van der Waals surface area contributed by atoms with E-state index < -0.39 is 5.60 Å². The lowest BCUT2D eigenvalue weighted by molar-refractivity contribution is -0.146. The third-order valence-corrected chi connectivity index (χ3v) is 2.13. The van der Waals surface area contributed by atoms with E-state index in [0.29, 0.717) is 6.54 Å². The summed E-state index contributed by atoms with van der Waals surface area (Å²) in [6.45, 7) is 3.51. The molecular formula is C12H17NO2. The van der Waals surface area contributed by atoms with Crippen LogP contribution in [0.3, 0.4) is 0 Å². The molecule has 1 N–H and O–H groups in total. The molecule has 82 valence electrons. The zero-order valence-electron chi connectivity index (χ0n) is 9.40. The van der Waals surface area contributed by atoms with Crippen molar-refractivity contribution in [3.8, 4) is 0 Å². The van der Waals surface area contributed by atoms with Gasteiger partial charge in [-0.25, -0.2) is 0 Å². The van der Waals surface area contributed by atoms with E-state index in [-0.39, 0.29) is 5.91 Å². The molecule has 1 aromatic rings. The number of carbonyl (C=O) groups excluding carboxylic acids is 1. The second-order valence-corrected chi connectivity index (χ2v) is 4.21. The summed E-state index contributed by atoms with van der Waals surface area (Å²) in [5.74, 6) is -0.272. The van der Waals surface area contributed by atoms with Crippen LogP contribution in [0.25, 0.3) is 0 Å². The Bertz CT molecular complexity index is 327. The SMILES string of the molecule is CN(Cc1ccccc1)C(=O)C(C)(C)O. The van der Waals surface area contributed by atoms with Crippen molar-refractivity contribution in [2.75, 3.05) is 7.05 Å². The van der Waals surface area contributed by atoms with Gasteiger partial charge in [0.05, 0.1) is 0 Å². The highest BCUT2D eigenvalue weighted by molar-refractivity contribution is 5.83. The lowest BCUT2D eigenvalue weighted by atomic mass is 10.1. The fourth-order valence-corrected chi connectivity index (χ4v) is 1.40. The maximum absolute atomic E-state index is 11.6. The molecule has 0 aromatic heterocycles. The molecule has 1 amide bonds. The van der Waals surface area contributed by atoms with Crippen molar-refractivity contribution in [2.45, 2.75) is 26.0 Å². The average molecular weight is 207 g/mol. The number of aliphatic hydroxyl groups is 1. The molecular weight excluding hydrogens is 190 g/mol. The molecule has 0 saturated heterocycles. The molecule has 3 heteroatoms. The first-order valence-corrected chi connectivity index (χ1v) is 4.93. The van der Waals surface area contributed by atoms with Gasteiger partial charge in [0.25, 0.3) is 5.91 Å². The van der Waals surface area contributed by atoms with E-state index in [9.17, 15) is 9.90 Å². The predicted octanol–water partition coefficient (Wildman–Crippen LogP) is 1.42. The Kier molecular flexibility index (Phi) is 3.48. The Hall–Kier alpha value is -1.35. The molecule has 0 bridgehead atoms. The molecule has 0 unspecified atom stereocenters. The first kappa shape index (κ1) is 11.7. The van der Waals surface area contributed by atoms with Crippen LogP contribution in [0.15, 0.2) is 30.3 Å². The van der Waals surface area contributed by atoms with Gasteiger partial charge in [-0.05, 0) is 19.4 Å². The van der Waals surface area contributed by atoms with Gasteiger partial charge in [0.1, 0.15) is 5.60 Å². The second kappa shape index (κ2) is 4.45. The largest absolute Gasteiger partial charge is 0.381 e. The van der Waals surface area contributed by atoms with E-state index in [0.717, 1.165) is 5.56 Å². The second-order valence-electron chi connectivity index (χ2n) is 4.21. The number of hydrogen-bond acceptors (Lipinski definition) is 2. The molecule has 0 radical (unpaired) electrons. The van der Waals surface area contributed by atoms with Gasteiger partial charge >= 0.3 is 0 Å². The molecule has 15 heavy (non-hydrogen) atoms. The predicted molar refractivity (Wildman–Crippen MR) is 59.2 cm³/mol. The van der Waals surface area contributed by atoms with Crippen molar-refractivity contribution in [1.29, 1.82) is 0 Å². The van der Waals surface area contributed by atoms with E-state index in [2.05, 4.69) is 0 Å². The van der Waals surface area contributed by atoms with E-state index >= 15 is 0 Å². The molecule has 1 rings (SSSR count). The number of rotatable bonds is 3. The van der Waals surface area contributed by atoms with Gasteiger partial charge in [-0.1, -0.05) is 30.3 Å². The van der Waals surface area contributed by atoms with Crippen LogP contribution in [0.5, 0.6) is 0 Å². The van der Waals surface area contributed by atoms with Crippen molar-refractivity contribution >= 4 is 5.91 Å². The maximum Gasteiger partial charge on any atom is 0.253 e.